The van der Waals surface area contributed by atoms with Gasteiger partial charge < -0.3 is 10.1 Å². The van der Waals surface area contributed by atoms with Crippen molar-refractivity contribution in [3.05, 3.63) is 29.8 Å². The number of para-hydroxylation sites is 1. The van der Waals surface area contributed by atoms with Crippen molar-refractivity contribution in [2.24, 2.45) is 5.92 Å². The Labute approximate surface area is 111 Å². The summed E-state index contributed by atoms with van der Waals surface area (Å²) in [6, 6.07) is 8.11. The van der Waals surface area contributed by atoms with Crippen LogP contribution in [0.4, 0.5) is 0 Å². The van der Waals surface area contributed by atoms with Crippen molar-refractivity contribution in [1.29, 1.82) is 0 Å². The van der Waals surface area contributed by atoms with E-state index in [-0.39, 0.29) is 11.3 Å². The molecular weight excluding hydrogens is 246 g/mol. The summed E-state index contributed by atoms with van der Waals surface area (Å²) in [5.74, 6) is 2.09. The SMILES string of the molecule is CNC1c2ccccc2OCC1S(=O)CC(C)C. The summed E-state index contributed by atoms with van der Waals surface area (Å²) in [4.78, 5) is 0. The van der Waals surface area contributed by atoms with E-state index in [0.717, 1.165) is 17.1 Å². The van der Waals surface area contributed by atoms with Gasteiger partial charge in [0.2, 0.25) is 0 Å². The molecule has 100 valence electrons. The molecule has 0 aliphatic carbocycles. The van der Waals surface area contributed by atoms with Gasteiger partial charge in [0, 0.05) is 22.1 Å². The predicted octanol–water partition coefficient (Wildman–Crippen LogP) is 2.11. The Kier molecular flexibility index (Phi) is 4.40. The number of nitrogens with one attached hydrogen (secondary N) is 1. The second kappa shape index (κ2) is 5.85. The molecule has 1 N–H and O–H groups in total. The lowest BCUT2D eigenvalue weighted by molar-refractivity contribution is 0.262. The Hall–Kier alpha value is -0.870. The first-order valence-electron chi connectivity index (χ1n) is 6.39. The summed E-state index contributed by atoms with van der Waals surface area (Å²) in [7, 11) is 1.06. The Balaban J connectivity index is 2.23. The largest absolute Gasteiger partial charge is 0.492 e. The van der Waals surface area contributed by atoms with Gasteiger partial charge in [-0.2, -0.15) is 0 Å². The molecule has 1 aromatic carbocycles. The van der Waals surface area contributed by atoms with Crippen LogP contribution in [-0.2, 0) is 10.8 Å². The zero-order chi connectivity index (χ0) is 13.1. The van der Waals surface area contributed by atoms with Crippen LogP contribution in [0.25, 0.3) is 0 Å². The number of benzene rings is 1. The van der Waals surface area contributed by atoms with Crippen LogP contribution in [-0.4, -0.2) is 28.9 Å². The first-order valence-corrected chi connectivity index (χ1v) is 7.78. The fraction of sp³-hybridized carbons (Fsp3) is 0.571. The van der Waals surface area contributed by atoms with Crippen LogP contribution in [0.5, 0.6) is 5.75 Å². The van der Waals surface area contributed by atoms with E-state index in [2.05, 4.69) is 25.2 Å². The molecule has 0 saturated heterocycles. The third-order valence-electron chi connectivity index (χ3n) is 3.18. The highest BCUT2D eigenvalue weighted by Crippen LogP contribution is 2.34. The monoisotopic (exact) mass is 267 g/mol. The van der Waals surface area contributed by atoms with Gasteiger partial charge in [-0.1, -0.05) is 32.0 Å². The standard InChI is InChI=1S/C14H21NO2S/c1-10(2)9-18(16)13-8-17-12-7-5-4-6-11(12)14(13)15-3/h4-7,10,13-15H,8-9H2,1-3H3. The minimum Gasteiger partial charge on any atom is -0.492 e. The van der Waals surface area contributed by atoms with Gasteiger partial charge in [-0.3, -0.25) is 4.21 Å². The summed E-state index contributed by atoms with van der Waals surface area (Å²) < 4.78 is 18.1. The van der Waals surface area contributed by atoms with Crippen molar-refractivity contribution in [1.82, 2.24) is 5.32 Å². The second-order valence-electron chi connectivity index (χ2n) is 5.09. The van der Waals surface area contributed by atoms with E-state index in [9.17, 15) is 4.21 Å². The van der Waals surface area contributed by atoms with E-state index in [1.54, 1.807) is 0 Å². The van der Waals surface area contributed by atoms with Crippen molar-refractivity contribution in [2.45, 2.75) is 25.1 Å². The van der Waals surface area contributed by atoms with Gasteiger partial charge in [-0.25, -0.2) is 0 Å². The molecule has 3 atom stereocenters. The van der Waals surface area contributed by atoms with Crippen LogP contribution >= 0.6 is 0 Å². The highest BCUT2D eigenvalue weighted by molar-refractivity contribution is 7.85. The van der Waals surface area contributed by atoms with Crippen LogP contribution in [0.15, 0.2) is 24.3 Å². The quantitative estimate of drug-likeness (QED) is 0.908. The lowest BCUT2D eigenvalue weighted by Crippen LogP contribution is -2.41. The molecule has 1 heterocycles. The van der Waals surface area contributed by atoms with Gasteiger partial charge in [0.1, 0.15) is 12.4 Å². The number of hydrogen-bond donors (Lipinski definition) is 1. The van der Waals surface area contributed by atoms with Crippen molar-refractivity contribution in [2.75, 3.05) is 19.4 Å². The maximum Gasteiger partial charge on any atom is 0.124 e. The minimum atomic E-state index is -0.861. The molecule has 3 unspecified atom stereocenters. The average molecular weight is 267 g/mol. The Morgan fingerprint density at radius 3 is 2.83 bits per heavy atom. The molecule has 0 fully saturated rings. The molecule has 1 aliphatic heterocycles. The molecule has 0 aromatic heterocycles. The summed E-state index contributed by atoms with van der Waals surface area (Å²) in [5.41, 5.74) is 1.12. The molecule has 0 radical (unpaired) electrons. The molecule has 18 heavy (non-hydrogen) atoms. The van der Waals surface area contributed by atoms with Gasteiger partial charge in [-0.05, 0) is 19.0 Å². The summed E-state index contributed by atoms with van der Waals surface area (Å²) in [6.45, 7) is 4.73. The van der Waals surface area contributed by atoms with Gasteiger partial charge in [0.25, 0.3) is 0 Å². The van der Waals surface area contributed by atoms with Crippen LogP contribution in [0.1, 0.15) is 25.5 Å². The van der Waals surface area contributed by atoms with Gasteiger partial charge >= 0.3 is 0 Å². The summed E-state index contributed by atoms with van der Waals surface area (Å²) in [5, 5.41) is 3.33. The second-order valence-corrected chi connectivity index (χ2v) is 6.80. The first kappa shape index (κ1) is 13.6. The smallest absolute Gasteiger partial charge is 0.124 e. The Morgan fingerprint density at radius 1 is 1.44 bits per heavy atom. The number of hydrogen-bond acceptors (Lipinski definition) is 3. The Morgan fingerprint density at radius 2 is 2.17 bits per heavy atom. The molecular formula is C14H21NO2S. The molecule has 0 saturated carbocycles. The zero-order valence-corrected chi connectivity index (χ0v) is 12.0. The summed E-state index contributed by atoms with van der Waals surface area (Å²) in [6.07, 6.45) is 0. The van der Waals surface area contributed by atoms with Gasteiger partial charge in [-0.15, -0.1) is 0 Å². The van der Waals surface area contributed by atoms with Crippen molar-refractivity contribution in [3.8, 4) is 5.75 Å². The van der Waals surface area contributed by atoms with Crippen molar-refractivity contribution >= 4 is 10.8 Å². The molecule has 0 spiro atoms. The molecule has 3 nitrogen and oxygen atoms in total. The van der Waals surface area contributed by atoms with Crippen LogP contribution < -0.4 is 10.1 Å². The highest BCUT2D eigenvalue weighted by Gasteiger charge is 2.33. The lowest BCUT2D eigenvalue weighted by Gasteiger charge is -2.33. The van der Waals surface area contributed by atoms with E-state index in [0.29, 0.717) is 12.5 Å². The minimum absolute atomic E-state index is 0.0345. The fourth-order valence-corrected chi connectivity index (χ4v) is 4.07. The van der Waals surface area contributed by atoms with E-state index >= 15 is 0 Å². The van der Waals surface area contributed by atoms with Crippen LogP contribution in [0.2, 0.25) is 0 Å². The topological polar surface area (TPSA) is 38.3 Å². The Bertz CT molecular complexity index is 434. The van der Waals surface area contributed by atoms with E-state index < -0.39 is 10.8 Å². The normalized spacial score (nSPS) is 24.4. The summed E-state index contributed by atoms with van der Waals surface area (Å²) >= 11 is 0. The third-order valence-corrected chi connectivity index (χ3v) is 5.25. The van der Waals surface area contributed by atoms with Gasteiger partial charge in [0.05, 0.1) is 11.3 Å². The van der Waals surface area contributed by atoms with E-state index in [4.69, 9.17) is 4.74 Å². The number of fused-ring (bicyclic) bond motifs is 1. The molecule has 0 bridgehead atoms. The predicted molar refractivity (Wildman–Crippen MR) is 75.4 cm³/mol. The number of rotatable bonds is 4. The van der Waals surface area contributed by atoms with Crippen LogP contribution in [0.3, 0.4) is 0 Å². The van der Waals surface area contributed by atoms with E-state index in [1.807, 2.05) is 25.2 Å². The molecule has 2 rings (SSSR count). The highest BCUT2D eigenvalue weighted by atomic mass is 32.2. The fourth-order valence-electron chi connectivity index (χ4n) is 2.36. The molecule has 1 aromatic rings. The lowest BCUT2D eigenvalue weighted by atomic mass is 10.0. The van der Waals surface area contributed by atoms with Crippen molar-refractivity contribution < 1.29 is 8.95 Å². The maximum absolute atomic E-state index is 12.4. The number of ether oxygens (including phenoxy) is 1. The molecule has 1 aliphatic rings. The van der Waals surface area contributed by atoms with Gasteiger partial charge in [0.15, 0.2) is 0 Å². The van der Waals surface area contributed by atoms with E-state index in [1.165, 1.54) is 0 Å². The first-order chi connectivity index (χ1) is 8.63. The molecule has 0 amide bonds. The van der Waals surface area contributed by atoms with Crippen LogP contribution in [0, 0.1) is 5.92 Å². The molecule has 4 heteroatoms. The third kappa shape index (κ3) is 2.75. The van der Waals surface area contributed by atoms with Crippen molar-refractivity contribution in [3.63, 3.8) is 0 Å². The zero-order valence-electron chi connectivity index (χ0n) is 11.2. The average Bonchev–Trinajstić information content (AvgIpc) is 2.36. The maximum atomic E-state index is 12.4.